The van der Waals surface area contributed by atoms with Crippen molar-refractivity contribution in [2.75, 3.05) is 31.5 Å². The zero-order valence-corrected chi connectivity index (χ0v) is 20.0. The van der Waals surface area contributed by atoms with Crippen LogP contribution in [0.1, 0.15) is 37.1 Å². The van der Waals surface area contributed by atoms with Gasteiger partial charge in [0.2, 0.25) is 21.8 Å². The van der Waals surface area contributed by atoms with Crippen molar-refractivity contribution in [1.29, 1.82) is 0 Å². The Morgan fingerprint density at radius 2 is 1.67 bits per heavy atom. The molecule has 33 heavy (non-hydrogen) atoms. The number of sulfonamides is 1. The van der Waals surface area contributed by atoms with Gasteiger partial charge in [-0.25, -0.2) is 8.42 Å². The van der Waals surface area contributed by atoms with Crippen LogP contribution in [0.2, 0.25) is 0 Å². The van der Waals surface area contributed by atoms with E-state index in [0.29, 0.717) is 24.2 Å². The van der Waals surface area contributed by atoms with Gasteiger partial charge < -0.3 is 10.2 Å². The molecule has 2 aliphatic rings. The number of anilines is 1. The molecule has 1 aromatic carbocycles. The Labute approximate surface area is 194 Å². The van der Waals surface area contributed by atoms with Crippen LogP contribution in [0.25, 0.3) is 0 Å². The van der Waals surface area contributed by atoms with Gasteiger partial charge in [-0.05, 0) is 51.7 Å². The number of para-hydroxylation sites is 1. The molecular formula is C23H31N5O4S. The van der Waals surface area contributed by atoms with E-state index < -0.39 is 10.0 Å². The van der Waals surface area contributed by atoms with Crippen molar-refractivity contribution >= 4 is 27.5 Å². The molecule has 0 saturated carbocycles. The maximum Gasteiger partial charge on any atom is 0.246 e. The van der Waals surface area contributed by atoms with Crippen LogP contribution < -0.4 is 5.32 Å². The zero-order chi connectivity index (χ0) is 23.6. The van der Waals surface area contributed by atoms with Crippen molar-refractivity contribution < 1.29 is 18.0 Å². The normalized spacial score (nSPS) is 17.9. The second-order valence-electron chi connectivity index (χ2n) is 8.78. The lowest BCUT2D eigenvalue weighted by Crippen LogP contribution is -2.41. The fraction of sp³-hybridized carbons (Fsp3) is 0.522. The van der Waals surface area contributed by atoms with Gasteiger partial charge >= 0.3 is 0 Å². The lowest BCUT2D eigenvalue weighted by molar-refractivity contribution is -0.131. The van der Waals surface area contributed by atoms with Gasteiger partial charge in [-0.2, -0.15) is 9.40 Å². The maximum absolute atomic E-state index is 13.4. The van der Waals surface area contributed by atoms with Crippen molar-refractivity contribution in [3.63, 3.8) is 0 Å². The van der Waals surface area contributed by atoms with E-state index in [0.717, 1.165) is 31.6 Å². The predicted molar refractivity (Wildman–Crippen MR) is 124 cm³/mol. The SMILES string of the molecule is Cc1nn(CC(=O)N2CCCC2)c(C)c1S(=O)(=O)N1CCC(C(=O)Nc2ccccc2)CC1. The van der Waals surface area contributed by atoms with Crippen LogP contribution >= 0.6 is 0 Å². The molecule has 2 saturated heterocycles. The first-order valence-electron chi connectivity index (χ1n) is 11.4. The first kappa shape index (κ1) is 23.4. The molecule has 0 radical (unpaired) electrons. The van der Waals surface area contributed by atoms with E-state index in [1.54, 1.807) is 18.7 Å². The number of aromatic nitrogens is 2. The molecule has 9 nitrogen and oxygen atoms in total. The predicted octanol–water partition coefficient (Wildman–Crippen LogP) is 2.16. The number of carbonyl (C=O) groups excluding carboxylic acids is 2. The summed E-state index contributed by atoms with van der Waals surface area (Å²) in [6.45, 7) is 5.44. The Morgan fingerprint density at radius 3 is 2.30 bits per heavy atom. The summed E-state index contributed by atoms with van der Waals surface area (Å²) in [6.07, 6.45) is 2.92. The van der Waals surface area contributed by atoms with Crippen molar-refractivity contribution in [1.82, 2.24) is 19.0 Å². The van der Waals surface area contributed by atoms with Crippen molar-refractivity contribution in [2.45, 2.75) is 51.0 Å². The van der Waals surface area contributed by atoms with Crippen LogP contribution in [0.4, 0.5) is 5.69 Å². The van der Waals surface area contributed by atoms with E-state index in [-0.39, 0.29) is 42.3 Å². The van der Waals surface area contributed by atoms with E-state index in [2.05, 4.69) is 10.4 Å². The van der Waals surface area contributed by atoms with E-state index in [9.17, 15) is 18.0 Å². The fourth-order valence-corrected chi connectivity index (χ4v) is 6.50. The summed E-state index contributed by atoms with van der Waals surface area (Å²) in [5.74, 6) is -0.356. The third kappa shape index (κ3) is 4.96. The molecule has 2 aliphatic heterocycles. The van der Waals surface area contributed by atoms with Crippen LogP contribution in [0, 0.1) is 19.8 Å². The molecule has 2 amide bonds. The van der Waals surface area contributed by atoms with E-state index >= 15 is 0 Å². The smallest absolute Gasteiger partial charge is 0.246 e. The second-order valence-corrected chi connectivity index (χ2v) is 10.7. The summed E-state index contributed by atoms with van der Waals surface area (Å²) < 4.78 is 29.8. The number of aryl methyl sites for hydroxylation is 1. The van der Waals surface area contributed by atoms with Crippen LogP contribution in [0.3, 0.4) is 0 Å². The first-order valence-corrected chi connectivity index (χ1v) is 12.9. The summed E-state index contributed by atoms with van der Waals surface area (Å²) >= 11 is 0. The Hall–Kier alpha value is -2.72. The zero-order valence-electron chi connectivity index (χ0n) is 19.2. The number of piperidine rings is 1. The molecule has 0 spiro atoms. The maximum atomic E-state index is 13.4. The number of amides is 2. The Morgan fingerprint density at radius 1 is 1.03 bits per heavy atom. The Bertz CT molecular complexity index is 1120. The highest BCUT2D eigenvalue weighted by atomic mass is 32.2. The van der Waals surface area contributed by atoms with Gasteiger partial charge in [0.1, 0.15) is 11.4 Å². The van der Waals surface area contributed by atoms with E-state index in [1.807, 2.05) is 30.3 Å². The highest BCUT2D eigenvalue weighted by Gasteiger charge is 2.35. The number of nitrogens with one attached hydrogen (secondary N) is 1. The number of hydrogen-bond donors (Lipinski definition) is 1. The minimum Gasteiger partial charge on any atom is -0.341 e. The summed E-state index contributed by atoms with van der Waals surface area (Å²) in [5.41, 5.74) is 1.61. The molecule has 10 heteroatoms. The molecule has 1 aromatic heterocycles. The molecule has 0 aliphatic carbocycles. The number of nitrogens with zero attached hydrogens (tertiary/aromatic N) is 4. The molecule has 3 heterocycles. The largest absolute Gasteiger partial charge is 0.341 e. The standard InChI is InChI=1S/C23H31N5O4S/c1-17-22(18(2)28(25-17)16-21(29)26-12-6-7-13-26)33(31,32)27-14-10-19(11-15-27)23(30)24-20-8-4-3-5-9-20/h3-5,8-9,19H,6-7,10-16H2,1-2H3,(H,24,30). The second kappa shape index (κ2) is 9.64. The van der Waals surface area contributed by atoms with E-state index in [1.165, 1.54) is 8.99 Å². The number of likely N-dealkylation sites (tertiary alicyclic amines) is 1. The molecule has 178 valence electrons. The molecule has 2 fully saturated rings. The number of carbonyl (C=O) groups is 2. The molecule has 0 unspecified atom stereocenters. The molecule has 1 N–H and O–H groups in total. The third-order valence-corrected chi connectivity index (χ3v) is 8.67. The Kier molecular flexibility index (Phi) is 6.85. The van der Waals surface area contributed by atoms with Crippen LogP contribution in [-0.2, 0) is 26.2 Å². The van der Waals surface area contributed by atoms with Gasteiger partial charge in [-0.1, -0.05) is 18.2 Å². The lowest BCUT2D eigenvalue weighted by atomic mass is 9.97. The fourth-order valence-electron chi connectivity index (χ4n) is 4.66. The molecular weight excluding hydrogens is 442 g/mol. The first-order chi connectivity index (χ1) is 15.8. The van der Waals surface area contributed by atoms with Gasteiger partial charge in [0.25, 0.3) is 0 Å². The van der Waals surface area contributed by atoms with Crippen LogP contribution in [0.5, 0.6) is 0 Å². The summed E-state index contributed by atoms with van der Waals surface area (Å²) in [6, 6.07) is 9.25. The van der Waals surface area contributed by atoms with Crippen molar-refractivity contribution in [3.05, 3.63) is 41.7 Å². The summed E-state index contributed by atoms with van der Waals surface area (Å²) in [5, 5.41) is 7.28. The minimum atomic E-state index is -3.77. The molecule has 4 rings (SSSR count). The minimum absolute atomic E-state index is 0.0349. The Balaban J connectivity index is 1.42. The highest BCUT2D eigenvalue weighted by Crippen LogP contribution is 2.28. The summed E-state index contributed by atoms with van der Waals surface area (Å²) in [7, 11) is -3.77. The number of benzene rings is 1. The molecule has 0 bridgehead atoms. The highest BCUT2D eigenvalue weighted by molar-refractivity contribution is 7.89. The van der Waals surface area contributed by atoms with Crippen molar-refractivity contribution in [3.8, 4) is 0 Å². The van der Waals surface area contributed by atoms with Crippen molar-refractivity contribution in [2.24, 2.45) is 5.92 Å². The topological polar surface area (TPSA) is 105 Å². The average molecular weight is 474 g/mol. The number of rotatable bonds is 6. The van der Waals surface area contributed by atoms with Crippen LogP contribution in [0.15, 0.2) is 35.2 Å². The van der Waals surface area contributed by atoms with Gasteiger partial charge in [0.15, 0.2) is 0 Å². The summed E-state index contributed by atoms with van der Waals surface area (Å²) in [4.78, 5) is 27.1. The van der Waals surface area contributed by atoms with E-state index in [4.69, 9.17) is 0 Å². The average Bonchev–Trinajstić information content (AvgIpc) is 3.43. The quantitative estimate of drug-likeness (QED) is 0.692. The van der Waals surface area contributed by atoms with Gasteiger partial charge in [-0.3, -0.25) is 14.3 Å². The monoisotopic (exact) mass is 473 g/mol. The van der Waals surface area contributed by atoms with Gasteiger partial charge in [-0.15, -0.1) is 0 Å². The van der Waals surface area contributed by atoms with Crippen LogP contribution in [-0.4, -0.2) is 65.4 Å². The lowest BCUT2D eigenvalue weighted by Gasteiger charge is -2.30. The molecule has 0 atom stereocenters. The third-order valence-electron chi connectivity index (χ3n) is 6.52. The van der Waals surface area contributed by atoms with Gasteiger partial charge in [0, 0.05) is 37.8 Å². The number of hydrogen-bond acceptors (Lipinski definition) is 5. The molecule has 2 aromatic rings. The van der Waals surface area contributed by atoms with Gasteiger partial charge in [0.05, 0.1) is 11.4 Å².